The molecule has 1 aliphatic rings. The number of carboxylic acids is 1. The first-order valence-electron chi connectivity index (χ1n) is 4.72. The first kappa shape index (κ1) is 11.2. The van der Waals surface area contributed by atoms with Crippen molar-refractivity contribution in [2.24, 2.45) is 4.99 Å². The Labute approximate surface area is 88.7 Å². The van der Waals surface area contributed by atoms with Gasteiger partial charge in [0.1, 0.15) is 0 Å². The zero-order valence-corrected chi connectivity index (χ0v) is 8.60. The lowest BCUT2D eigenvalue weighted by molar-refractivity contribution is 0.0697. The molecular formula is C11H14N2O2. The summed E-state index contributed by atoms with van der Waals surface area (Å²) in [5.41, 5.74) is 1.41. The lowest BCUT2D eigenvalue weighted by atomic mass is 10.2. The van der Waals surface area contributed by atoms with Crippen molar-refractivity contribution in [2.45, 2.75) is 6.92 Å². The van der Waals surface area contributed by atoms with E-state index in [0.717, 1.165) is 18.7 Å². The molecule has 2 N–H and O–H groups in total. The number of hydrogen-bond acceptors (Lipinski definition) is 3. The Kier molecular flexibility index (Phi) is 4.34. The normalized spacial score (nSPS) is 12.6. The van der Waals surface area contributed by atoms with E-state index in [1.54, 1.807) is 30.6 Å². The number of nitrogens with one attached hydrogen (secondary N) is 1. The topological polar surface area (TPSA) is 61.7 Å². The van der Waals surface area contributed by atoms with Gasteiger partial charge in [-0.05, 0) is 19.1 Å². The summed E-state index contributed by atoms with van der Waals surface area (Å²) in [5, 5.41) is 11.4. The fourth-order valence-electron chi connectivity index (χ4n) is 1.02. The second-order valence-corrected chi connectivity index (χ2v) is 3.16. The fraction of sp³-hybridized carbons (Fsp3) is 0.273. The summed E-state index contributed by atoms with van der Waals surface area (Å²) < 4.78 is 0. The highest BCUT2D eigenvalue weighted by molar-refractivity contribution is 5.87. The number of aryl methyl sites for hydroxylation is 1. The highest BCUT2D eigenvalue weighted by atomic mass is 16.4. The summed E-state index contributed by atoms with van der Waals surface area (Å²) in [4.78, 5) is 14.2. The summed E-state index contributed by atoms with van der Waals surface area (Å²) in [7, 11) is 0. The third-order valence-electron chi connectivity index (χ3n) is 1.87. The molecule has 0 aliphatic carbocycles. The van der Waals surface area contributed by atoms with E-state index in [9.17, 15) is 4.79 Å². The van der Waals surface area contributed by atoms with E-state index in [-0.39, 0.29) is 0 Å². The van der Waals surface area contributed by atoms with Gasteiger partial charge in [0.05, 0.1) is 18.4 Å². The molecule has 4 heteroatoms. The van der Waals surface area contributed by atoms with E-state index < -0.39 is 5.97 Å². The molecular weight excluding hydrogens is 192 g/mol. The van der Waals surface area contributed by atoms with Gasteiger partial charge in [-0.25, -0.2) is 4.79 Å². The van der Waals surface area contributed by atoms with E-state index in [1.807, 2.05) is 6.92 Å². The van der Waals surface area contributed by atoms with Crippen LogP contribution in [0.3, 0.4) is 0 Å². The molecule has 15 heavy (non-hydrogen) atoms. The quantitative estimate of drug-likeness (QED) is 0.728. The van der Waals surface area contributed by atoms with Crippen LogP contribution in [0.1, 0.15) is 15.9 Å². The highest BCUT2D eigenvalue weighted by Gasteiger charge is 1.98. The van der Waals surface area contributed by atoms with Crippen molar-refractivity contribution in [3.05, 3.63) is 35.4 Å². The molecule has 1 heterocycles. The van der Waals surface area contributed by atoms with Crippen molar-refractivity contribution < 1.29 is 9.90 Å². The molecule has 0 spiro atoms. The summed E-state index contributed by atoms with van der Waals surface area (Å²) in [6, 6.07) is 6.75. The Morgan fingerprint density at radius 2 is 2.07 bits per heavy atom. The number of carboxylic acid groups (broad SMARTS) is 1. The maximum absolute atomic E-state index is 10.3. The molecule has 4 nitrogen and oxygen atoms in total. The van der Waals surface area contributed by atoms with Gasteiger partial charge in [-0.1, -0.05) is 17.7 Å². The number of rotatable bonds is 1. The molecule has 0 atom stereocenters. The Balaban J connectivity index is 0.000000187. The standard InChI is InChI=1S/C8H8O2.C3H6N2/c1-6-2-4-7(5-3-6)8(9)10;1-2-5-3-4-1/h2-5H,1H3,(H,9,10);3H,1-2H2,(H,4,5). The van der Waals surface area contributed by atoms with E-state index in [0.29, 0.717) is 5.56 Å². The first-order chi connectivity index (χ1) is 7.20. The van der Waals surface area contributed by atoms with Crippen molar-refractivity contribution >= 4 is 12.3 Å². The third-order valence-corrected chi connectivity index (χ3v) is 1.87. The van der Waals surface area contributed by atoms with Crippen LogP contribution in [-0.2, 0) is 0 Å². The molecule has 0 bridgehead atoms. The van der Waals surface area contributed by atoms with Gasteiger partial charge >= 0.3 is 5.97 Å². The molecule has 0 saturated heterocycles. The van der Waals surface area contributed by atoms with Crippen LogP contribution in [0.4, 0.5) is 0 Å². The fourth-order valence-corrected chi connectivity index (χ4v) is 1.02. The number of aliphatic imine (C=N–C) groups is 1. The molecule has 0 amide bonds. The summed E-state index contributed by atoms with van der Waals surface area (Å²) in [5.74, 6) is -0.875. The Morgan fingerprint density at radius 3 is 2.40 bits per heavy atom. The number of carbonyl (C=O) groups is 1. The molecule has 0 saturated carbocycles. The summed E-state index contributed by atoms with van der Waals surface area (Å²) in [6.07, 6.45) is 1.74. The Bertz CT molecular complexity index is 338. The number of aromatic carboxylic acids is 1. The lowest BCUT2D eigenvalue weighted by Crippen LogP contribution is -2.04. The van der Waals surface area contributed by atoms with Crippen LogP contribution in [0.25, 0.3) is 0 Å². The number of nitrogens with zero attached hydrogens (tertiary/aromatic N) is 1. The van der Waals surface area contributed by atoms with Gasteiger partial charge in [0.15, 0.2) is 0 Å². The van der Waals surface area contributed by atoms with E-state index >= 15 is 0 Å². The van der Waals surface area contributed by atoms with E-state index in [2.05, 4.69) is 10.3 Å². The Morgan fingerprint density at radius 1 is 1.40 bits per heavy atom. The Hall–Kier alpha value is -1.84. The highest BCUT2D eigenvalue weighted by Crippen LogP contribution is 2.01. The second-order valence-electron chi connectivity index (χ2n) is 3.16. The van der Waals surface area contributed by atoms with Crippen LogP contribution < -0.4 is 5.32 Å². The maximum Gasteiger partial charge on any atom is 0.335 e. The minimum Gasteiger partial charge on any atom is -0.478 e. The van der Waals surface area contributed by atoms with Gasteiger partial charge in [-0.2, -0.15) is 0 Å². The molecule has 1 aliphatic heterocycles. The van der Waals surface area contributed by atoms with Gasteiger partial charge in [0.2, 0.25) is 0 Å². The predicted molar refractivity (Wildman–Crippen MR) is 59.5 cm³/mol. The summed E-state index contributed by atoms with van der Waals surface area (Å²) in [6.45, 7) is 3.91. The molecule has 1 aromatic carbocycles. The number of benzene rings is 1. The lowest BCUT2D eigenvalue weighted by Gasteiger charge is -1.92. The smallest absolute Gasteiger partial charge is 0.335 e. The van der Waals surface area contributed by atoms with Gasteiger partial charge in [-0.15, -0.1) is 0 Å². The van der Waals surface area contributed by atoms with Crippen molar-refractivity contribution in [3.8, 4) is 0 Å². The van der Waals surface area contributed by atoms with Crippen molar-refractivity contribution in [2.75, 3.05) is 13.1 Å². The molecule has 0 fully saturated rings. The van der Waals surface area contributed by atoms with Gasteiger partial charge in [0.25, 0.3) is 0 Å². The molecule has 0 unspecified atom stereocenters. The second kappa shape index (κ2) is 5.80. The van der Waals surface area contributed by atoms with Gasteiger partial charge < -0.3 is 10.4 Å². The largest absolute Gasteiger partial charge is 0.478 e. The van der Waals surface area contributed by atoms with Crippen molar-refractivity contribution in [3.63, 3.8) is 0 Å². The predicted octanol–water partition coefficient (Wildman–Crippen LogP) is 1.31. The third kappa shape index (κ3) is 4.26. The first-order valence-corrected chi connectivity index (χ1v) is 4.72. The average molecular weight is 206 g/mol. The molecule has 2 rings (SSSR count). The number of hydrogen-bond donors (Lipinski definition) is 2. The van der Waals surface area contributed by atoms with E-state index in [1.165, 1.54) is 0 Å². The summed E-state index contributed by atoms with van der Waals surface area (Å²) >= 11 is 0. The average Bonchev–Trinajstić information content (AvgIpc) is 2.76. The van der Waals surface area contributed by atoms with Gasteiger partial charge in [-0.3, -0.25) is 4.99 Å². The van der Waals surface area contributed by atoms with E-state index in [4.69, 9.17) is 5.11 Å². The maximum atomic E-state index is 10.3. The molecule has 80 valence electrons. The van der Waals surface area contributed by atoms with Crippen molar-refractivity contribution in [1.29, 1.82) is 0 Å². The molecule has 1 aromatic rings. The SMILES string of the molecule is C1=NCCN1.Cc1ccc(C(=O)O)cc1. The minimum atomic E-state index is -0.875. The van der Waals surface area contributed by atoms with Crippen LogP contribution in [0.15, 0.2) is 29.3 Å². The van der Waals surface area contributed by atoms with Crippen LogP contribution in [0, 0.1) is 6.92 Å². The zero-order valence-electron chi connectivity index (χ0n) is 8.60. The van der Waals surface area contributed by atoms with Crippen LogP contribution >= 0.6 is 0 Å². The molecule has 0 radical (unpaired) electrons. The monoisotopic (exact) mass is 206 g/mol. The zero-order chi connectivity index (χ0) is 11.1. The van der Waals surface area contributed by atoms with Gasteiger partial charge in [0, 0.05) is 6.54 Å². The van der Waals surface area contributed by atoms with Crippen molar-refractivity contribution in [1.82, 2.24) is 5.32 Å². The minimum absolute atomic E-state index is 0.339. The van der Waals surface area contributed by atoms with Crippen LogP contribution in [0.5, 0.6) is 0 Å². The molecule has 0 aromatic heterocycles. The van der Waals surface area contributed by atoms with Crippen LogP contribution in [-0.4, -0.2) is 30.5 Å². The van der Waals surface area contributed by atoms with Crippen LogP contribution in [0.2, 0.25) is 0 Å².